The van der Waals surface area contributed by atoms with E-state index >= 15 is 0 Å². The van der Waals surface area contributed by atoms with Gasteiger partial charge in [0.25, 0.3) is 11.8 Å². The number of nitrogens with one attached hydrogen (secondary N) is 2. The number of benzene rings is 2. The Hall–Kier alpha value is -3.68. The number of hydrogen-bond acceptors (Lipinski definition) is 5. The van der Waals surface area contributed by atoms with Crippen LogP contribution in [0.25, 0.3) is 0 Å². The van der Waals surface area contributed by atoms with Crippen LogP contribution in [0.5, 0.6) is 0 Å². The average molecular weight is 395 g/mol. The number of hydrazine groups is 1. The van der Waals surface area contributed by atoms with Crippen molar-refractivity contribution in [2.75, 3.05) is 18.5 Å². The number of nitrogens with zero attached hydrogens (tertiary/aromatic N) is 1. The predicted molar refractivity (Wildman–Crippen MR) is 104 cm³/mol. The Morgan fingerprint density at radius 2 is 1.86 bits per heavy atom. The van der Waals surface area contributed by atoms with Gasteiger partial charge in [-0.15, -0.1) is 0 Å². The zero-order valence-electron chi connectivity index (χ0n) is 15.9. The molecule has 2 aromatic rings. The number of rotatable bonds is 6. The second-order valence-corrected chi connectivity index (χ2v) is 6.74. The van der Waals surface area contributed by atoms with Crippen LogP contribution in [-0.2, 0) is 19.1 Å². The van der Waals surface area contributed by atoms with Crippen molar-refractivity contribution < 1.29 is 23.9 Å². The number of anilines is 1. The quantitative estimate of drug-likeness (QED) is 0.724. The summed E-state index contributed by atoms with van der Waals surface area (Å²) in [6.45, 7) is 1.44. The lowest BCUT2D eigenvalue weighted by molar-refractivity contribution is -0.151. The summed E-state index contributed by atoms with van der Waals surface area (Å²) in [5.74, 6) is -2.70. The summed E-state index contributed by atoms with van der Waals surface area (Å²) in [5.41, 5.74) is 4.49. The molecule has 0 bridgehead atoms. The molecule has 3 amide bonds. The highest BCUT2D eigenvalue weighted by molar-refractivity contribution is 5.97. The molecule has 2 N–H and O–H groups in total. The van der Waals surface area contributed by atoms with Crippen LogP contribution >= 0.6 is 0 Å². The maximum absolute atomic E-state index is 12.2. The SMILES string of the molecule is Cc1cccc(NC(=O)COC(=O)[C@@H]2CC(=O)N(NC(=O)c3ccccc3)C2)c1. The third kappa shape index (κ3) is 5.41. The van der Waals surface area contributed by atoms with Crippen LogP contribution in [0.4, 0.5) is 5.69 Å². The van der Waals surface area contributed by atoms with Crippen LogP contribution in [0.3, 0.4) is 0 Å². The highest BCUT2D eigenvalue weighted by Crippen LogP contribution is 2.18. The molecule has 0 aromatic heterocycles. The van der Waals surface area contributed by atoms with E-state index in [0.29, 0.717) is 11.3 Å². The van der Waals surface area contributed by atoms with Gasteiger partial charge in [-0.05, 0) is 36.8 Å². The first-order valence-corrected chi connectivity index (χ1v) is 9.12. The third-order valence-electron chi connectivity index (χ3n) is 4.38. The van der Waals surface area contributed by atoms with E-state index < -0.39 is 30.3 Å². The summed E-state index contributed by atoms with van der Waals surface area (Å²) in [7, 11) is 0. The molecule has 0 radical (unpaired) electrons. The van der Waals surface area contributed by atoms with Crippen LogP contribution in [-0.4, -0.2) is 41.9 Å². The molecule has 8 heteroatoms. The number of amides is 3. The lowest BCUT2D eigenvalue weighted by Crippen LogP contribution is -2.43. The van der Waals surface area contributed by atoms with E-state index in [1.54, 1.807) is 48.5 Å². The zero-order chi connectivity index (χ0) is 20.8. The minimum atomic E-state index is -0.745. The zero-order valence-corrected chi connectivity index (χ0v) is 15.9. The van der Waals surface area contributed by atoms with Crippen LogP contribution in [0, 0.1) is 12.8 Å². The van der Waals surface area contributed by atoms with E-state index in [4.69, 9.17) is 4.74 Å². The van der Waals surface area contributed by atoms with E-state index in [-0.39, 0.29) is 18.9 Å². The first-order chi connectivity index (χ1) is 13.9. The van der Waals surface area contributed by atoms with Gasteiger partial charge in [0.05, 0.1) is 12.5 Å². The van der Waals surface area contributed by atoms with Gasteiger partial charge in [-0.1, -0.05) is 30.3 Å². The molecule has 1 heterocycles. The van der Waals surface area contributed by atoms with Gasteiger partial charge in [-0.2, -0.15) is 0 Å². The van der Waals surface area contributed by atoms with Crippen molar-refractivity contribution in [2.24, 2.45) is 5.92 Å². The standard InChI is InChI=1S/C21H21N3O5/c1-14-6-5-9-17(10-14)22-18(25)13-29-21(28)16-11-19(26)24(12-16)23-20(27)15-7-3-2-4-8-15/h2-10,16H,11-13H2,1H3,(H,22,25)(H,23,27)/t16-/m1/s1. The normalized spacial score (nSPS) is 15.7. The number of esters is 1. The van der Waals surface area contributed by atoms with E-state index in [9.17, 15) is 19.2 Å². The summed E-state index contributed by atoms with van der Waals surface area (Å²) in [5, 5.41) is 3.75. The maximum atomic E-state index is 12.2. The second-order valence-electron chi connectivity index (χ2n) is 6.74. The van der Waals surface area contributed by atoms with Gasteiger partial charge in [0, 0.05) is 17.7 Å². The van der Waals surface area contributed by atoms with Crippen molar-refractivity contribution in [3.63, 3.8) is 0 Å². The Bertz CT molecular complexity index is 929. The van der Waals surface area contributed by atoms with Crippen LogP contribution < -0.4 is 10.7 Å². The van der Waals surface area contributed by atoms with Crippen molar-refractivity contribution in [1.82, 2.24) is 10.4 Å². The van der Waals surface area contributed by atoms with Gasteiger partial charge < -0.3 is 10.1 Å². The number of ether oxygens (including phenoxy) is 1. The molecule has 1 aliphatic heterocycles. The molecule has 3 rings (SSSR count). The molecule has 0 spiro atoms. The molecular weight excluding hydrogens is 374 g/mol. The van der Waals surface area contributed by atoms with Gasteiger partial charge in [-0.25, -0.2) is 0 Å². The molecule has 29 heavy (non-hydrogen) atoms. The van der Waals surface area contributed by atoms with E-state index in [1.807, 2.05) is 13.0 Å². The molecule has 0 aliphatic carbocycles. The Labute approximate surface area is 167 Å². The molecule has 0 saturated carbocycles. The monoisotopic (exact) mass is 395 g/mol. The molecule has 1 saturated heterocycles. The minimum absolute atomic E-state index is 0.00423. The molecule has 1 aliphatic rings. The molecule has 2 aromatic carbocycles. The molecule has 1 atom stereocenters. The summed E-state index contributed by atoms with van der Waals surface area (Å²) < 4.78 is 5.03. The largest absolute Gasteiger partial charge is 0.455 e. The lowest BCUT2D eigenvalue weighted by atomic mass is 10.1. The average Bonchev–Trinajstić information content (AvgIpc) is 3.07. The first-order valence-electron chi connectivity index (χ1n) is 9.12. The summed E-state index contributed by atoms with van der Waals surface area (Å²) in [6.07, 6.45) is -0.0899. The van der Waals surface area contributed by atoms with Gasteiger partial charge in [0.1, 0.15) is 0 Å². The smallest absolute Gasteiger partial charge is 0.311 e. The minimum Gasteiger partial charge on any atom is -0.455 e. The fourth-order valence-corrected chi connectivity index (χ4v) is 2.92. The number of carbonyl (C=O) groups excluding carboxylic acids is 4. The topological polar surface area (TPSA) is 105 Å². The Morgan fingerprint density at radius 3 is 2.59 bits per heavy atom. The van der Waals surface area contributed by atoms with Crippen LogP contribution in [0.2, 0.25) is 0 Å². The van der Waals surface area contributed by atoms with E-state index in [2.05, 4.69) is 10.7 Å². The second kappa shape index (κ2) is 9.01. The maximum Gasteiger partial charge on any atom is 0.311 e. The fraction of sp³-hybridized carbons (Fsp3) is 0.238. The molecule has 0 unspecified atom stereocenters. The summed E-state index contributed by atoms with van der Waals surface area (Å²) in [4.78, 5) is 48.4. The predicted octanol–water partition coefficient (Wildman–Crippen LogP) is 1.67. The van der Waals surface area contributed by atoms with E-state index in [0.717, 1.165) is 10.6 Å². The van der Waals surface area contributed by atoms with Crippen LogP contribution in [0.1, 0.15) is 22.3 Å². The van der Waals surface area contributed by atoms with Crippen molar-refractivity contribution >= 4 is 29.4 Å². The molecule has 8 nitrogen and oxygen atoms in total. The molecule has 1 fully saturated rings. The van der Waals surface area contributed by atoms with Crippen LogP contribution in [0.15, 0.2) is 54.6 Å². The van der Waals surface area contributed by atoms with E-state index in [1.165, 1.54) is 0 Å². The summed E-state index contributed by atoms with van der Waals surface area (Å²) >= 11 is 0. The highest BCUT2D eigenvalue weighted by atomic mass is 16.5. The first kappa shape index (κ1) is 20.1. The highest BCUT2D eigenvalue weighted by Gasteiger charge is 2.36. The summed E-state index contributed by atoms with van der Waals surface area (Å²) in [6, 6.07) is 15.7. The lowest BCUT2D eigenvalue weighted by Gasteiger charge is -2.17. The van der Waals surface area contributed by atoms with Crippen molar-refractivity contribution in [3.05, 3.63) is 65.7 Å². The molecular formula is C21H21N3O5. The van der Waals surface area contributed by atoms with Gasteiger partial charge in [0.15, 0.2) is 6.61 Å². The Morgan fingerprint density at radius 1 is 1.10 bits per heavy atom. The van der Waals surface area contributed by atoms with Crippen molar-refractivity contribution in [1.29, 1.82) is 0 Å². The van der Waals surface area contributed by atoms with Gasteiger partial charge in [0.2, 0.25) is 5.91 Å². The third-order valence-corrected chi connectivity index (χ3v) is 4.38. The van der Waals surface area contributed by atoms with Gasteiger partial charge >= 0.3 is 5.97 Å². The number of hydrogen-bond donors (Lipinski definition) is 2. The van der Waals surface area contributed by atoms with Crippen molar-refractivity contribution in [2.45, 2.75) is 13.3 Å². The number of aryl methyl sites for hydroxylation is 1. The van der Waals surface area contributed by atoms with Gasteiger partial charge in [-0.3, -0.25) is 29.6 Å². The van der Waals surface area contributed by atoms with Crippen molar-refractivity contribution in [3.8, 4) is 0 Å². The molecule has 150 valence electrons. The Kier molecular flexibility index (Phi) is 6.23. The number of carbonyl (C=O) groups is 4. The fourth-order valence-electron chi connectivity index (χ4n) is 2.92. The Balaban J connectivity index is 1.47.